The molecule has 0 aromatic carbocycles. The topological polar surface area (TPSA) is 26.3 Å². The number of hydrogen-bond donors (Lipinski definition) is 0. The van der Waals surface area contributed by atoms with Gasteiger partial charge >= 0.3 is 5.97 Å². The van der Waals surface area contributed by atoms with Crippen LogP contribution in [0.2, 0.25) is 0 Å². The van der Waals surface area contributed by atoms with Crippen LogP contribution in [0.3, 0.4) is 0 Å². The predicted octanol–water partition coefficient (Wildman–Crippen LogP) is 3.69. The standard InChI is InChI=1S/C13H24O2/c1-3-5-8-11-9-6-7-10-12(11)15-13(14)4-2/h11-12H,3-10H2,1-2H3/t11-,12+/m0/s1. The summed E-state index contributed by atoms with van der Waals surface area (Å²) in [7, 11) is 0. The molecule has 0 heterocycles. The Morgan fingerprint density at radius 3 is 2.67 bits per heavy atom. The van der Waals surface area contributed by atoms with Gasteiger partial charge < -0.3 is 4.74 Å². The molecule has 0 saturated heterocycles. The van der Waals surface area contributed by atoms with Crippen molar-refractivity contribution in [3.05, 3.63) is 0 Å². The van der Waals surface area contributed by atoms with Gasteiger partial charge in [-0.3, -0.25) is 4.79 Å². The molecule has 0 aliphatic heterocycles. The van der Waals surface area contributed by atoms with Crippen LogP contribution >= 0.6 is 0 Å². The number of hydrogen-bond acceptors (Lipinski definition) is 2. The summed E-state index contributed by atoms with van der Waals surface area (Å²) >= 11 is 0. The monoisotopic (exact) mass is 212 g/mol. The van der Waals surface area contributed by atoms with Crippen molar-refractivity contribution in [2.75, 3.05) is 0 Å². The molecule has 0 amide bonds. The Morgan fingerprint density at radius 1 is 1.27 bits per heavy atom. The first-order valence-corrected chi connectivity index (χ1v) is 6.47. The van der Waals surface area contributed by atoms with Crippen LogP contribution in [-0.4, -0.2) is 12.1 Å². The summed E-state index contributed by atoms with van der Waals surface area (Å²) in [5, 5.41) is 0. The van der Waals surface area contributed by atoms with E-state index in [1.54, 1.807) is 0 Å². The highest BCUT2D eigenvalue weighted by Gasteiger charge is 2.27. The number of carbonyl (C=O) groups excluding carboxylic acids is 1. The van der Waals surface area contributed by atoms with Crippen LogP contribution in [0, 0.1) is 5.92 Å². The van der Waals surface area contributed by atoms with Gasteiger partial charge in [0, 0.05) is 6.42 Å². The van der Waals surface area contributed by atoms with E-state index in [9.17, 15) is 4.79 Å². The van der Waals surface area contributed by atoms with Crippen LogP contribution in [0.4, 0.5) is 0 Å². The van der Waals surface area contributed by atoms with Gasteiger partial charge in [0.1, 0.15) is 6.10 Å². The van der Waals surface area contributed by atoms with Crippen molar-refractivity contribution in [3.8, 4) is 0 Å². The van der Waals surface area contributed by atoms with Crippen molar-refractivity contribution in [2.45, 2.75) is 71.3 Å². The lowest BCUT2D eigenvalue weighted by atomic mass is 9.83. The maximum atomic E-state index is 11.3. The van der Waals surface area contributed by atoms with Crippen molar-refractivity contribution in [1.29, 1.82) is 0 Å². The Labute approximate surface area is 93.4 Å². The van der Waals surface area contributed by atoms with Crippen LogP contribution in [-0.2, 0) is 9.53 Å². The molecular weight excluding hydrogens is 188 g/mol. The van der Waals surface area contributed by atoms with Crippen molar-refractivity contribution in [3.63, 3.8) is 0 Å². The second-order valence-corrected chi connectivity index (χ2v) is 4.57. The molecule has 1 aliphatic rings. The summed E-state index contributed by atoms with van der Waals surface area (Å²) in [5.41, 5.74) is 0. The normalized spacial score (nSPS) is 26.3. The summed E-state index contributed by atoms with van der Waals surface area (Å²) in [6.45, 7) is 4.09. The molecule has 2 heteroatoms. The summed E-state index contributed by atoms with van der Waals surface area (Å²) < 4.78 is 5.51. The van der Waals surface area contributed by atoms with E-state index < -0.39 is 0 Å². The van der Waals surface area contributed by atoms with E-state index in [0.717, 1.165) is 6.42 Å². The molecule has 1 aliphatic carbocycles. The molecule has 0 radical (unpaired) electrons. The lowest BCUT2D eigenvalue weighted by Crippen LogP contribution is -2.29. The van der Waals surface area contributed by atoms with E-state index in [1.807, 2.05) is 6.92 Å². The Bertz CT molecular complexity index is 189. The molecule has 0 aromatic rings. The fourth-order valence-electron chi connectivity index (χ4n) is 2.38. The van der Waals surface area contributed by atoms with Gasteiger partial charge in [0.15, 0.2) is 0 Å². The maximum absolute atomic E-state index is 11.3. The van der Waals surface area contributed by atoms with Gasteiger partial charge in [-0.15, -0.1) is 0 Å². The SMILES string of the molecule is CCCC[C@H]1CCCC[C@H]1OC(=O)CC. The molecule has 2 atom stereocenters. The van der Waals surface area contributed by atoms with Gasteiger partial charge in [0.2, 0.25) is 0 Å². The first-order chi connectivity index (χ1) is 7.27. The lowest BCUT2D eigenvalue weighted by molar-refractivity contribution is -0.153. The second-order valence-electron chi connectivity index (χ2n) is 4.57. The van der Waals surface area contributed by atoms with Crippen molar-refractivity contribution in [1.82, 2.24) is 0 Å². The molecule has 15 heavy (non-hydrogen) atoms. The fraction of sp³-hybridized carbons (Fsp3) is 0.923. The Hall–Kier alpha value is -0.530. The van der Waals surface area contributed by atoms with Gasteiger partial charge in [0.25, 0.3) is 0 Å². The number of ether oxygens (including phenoxy) is 1. The highest BCUT2D eigenvalue weighted by Crippen LogP contribution is 2.30. The first kappa shape index (κ1) is 12.5. The molecule has 0 spiro atoms. The minimum Gasteiger partial charge on any atom is -0.462 e. The number of unbranched alkanes of at least 4 members (excludes halogenated alkanes) is 1. The van der Waals surface area contributed by atoms with Crippen molar-refractivity contribution < 1.29 is 9.53 Å². The average molecular weight is 212 g/mol. The van der Waals surface area contributed by atoms with E-state index in [0.29, 0.717) is 12.3 Å². The van der Waals surface area contributed by atoms with Crippen LogP contribution < -0.4 is 0 Å². The third-order valence-electron chi connectivity index (χ3n) is 3.34. The summed E-state index contributed by atoms with van der Waals surface area (Å²) in [4.78, 5) is 11.3. The minimum atomic E-state index is -0.0246. The third-order valence-corrected chi connectivity index (χ3v) is 3.34. The van der Waals surface area contributed by atoms with Gasteiger partial charge in [-0.1, -0.05) is 33.1 Å². The second kappa shape index (κ2) is 6.86. The van der Waals surface area contributed by atoms with Crippen molar-refractivity contribution in [2.24, 2.45) is 5.92 Å². The molecule has 1 rings (SSSR count). The number of carbonyl (C=O) groups is 1. The van der Waals surface area contributed by atoms with E-state index >= 15 is 0 Å². The molecule has 2 nitrogen and oxygen atoms in total. The molecule has 0 aromatic heterocycles. The van der Waals surface area contributed by atoms with Crippen LogP contribution in [0.15, 0.2) is 0 Å². The van der Waals surface area contributed by atoms with E-state index in [2.05, 4.69) is 6.92 Å². The predicted molar refractivity (Wildman–Crippen MR) is 61.7 cm³/mol. The zero-order valence-corrected chi connectivity index (χ0v) is 10.1. The maximum Gasteiger partial charge on any atom is 0.305 e. The van der Waals surface area contributed by atoms with Gasteiger partial charge in [-0.05, 0) is 31.6 Å². The molecule has 88 valence electrons. The third kappa shape index (κ3) is 4.23. The Balaban J connectivity index is 2.38. The molecule has 0 N–H and O–H groups in total. The molecule has 0 unspecified atom stereocenters. The van der Waals surface area contributed by atoms with Gasteiger partial charge in [-0.25, -0.2) is 0 Å². The number of rotatable bonds is 5. The minimum absolute atomic E-state index is 0.0246. The zero-order chi connectivity index (χ0) is 11.1. The van der Waals surface area contributed by atoms with Crippen LogP contribution in [0.1, 0.15) is 65.2 Å². The smallest absolute Gasteiger partial charge is 0.305 e. The lowest BCUT2D eigenvalue weighted by Gasteiger charge is -2.31. The molecule has 1 saturated carbocycles. The highest BCUT2D eigenvalue weighted by molar-refractivity contribution is 5.69. The fourth-order valence-corrected chi connectivity index (χ4v) is 2.38. The van der Waals surface area contributed by atoms with Crippen molar-refractivity contribution >= 4 is 5.97 Å². The van der Waals surface area contributed by atoms with Crippen LogP contribution in [0.25, 0.3) is 0 Å². The number of esters is 1. The quantitative estimate of drug-likeness (QED) is 0.650. The van der Waals surface area contributed by atoms with E-state index in [1.165, 1.54) is 38.5 Å². The van der Waals surface area contributed by atoms with Crippen LogP contribution in [0.5, 0.6) is 0 Å². The Morgan fingerprint density at radius 2 is 2.00 bits per heavy atom. The molecule has 0 bridgehead atoms. The summed E-state index contributed by atoms with van der Waals surface area (Å²) in [5.74, 6) is 0.609. The summed E-state index contributed by atoms with van der Waals surface area (Å²) in [6, 6.07) is 0. The first-order valence-electron chi connectivity index (χ1n) is 6.47. The van der Waals surface area contributed by atoms with Gasteiger partial charge in [-0.2, -0.15) is 0 Å². The zero-order valence-electron chi connectivity index (χ0n) is 10.1. The molecule has 1 fully saturated rings. The average Bonchev–Trinajstić information content (AvgIpc) is 2.28. The van der Waals surface area contributed by atoms with E-state index in [-0.39, 0.29) is 12.1 Å². The van der Waals surface area contributed by atoms with E-state index in [4.69, 9.17) is 4.74 Å². The largest absolute Gasteiger partial charge is 0.462 e. The van der Waals surface area contributed by atoms with Gasteiger partial charge in [0.05, 0.1) is 0 Å². The molecular formula is C13H24O2. The highest BCUT2D eigenvalue weighted by atomic mass is 16.5. The Kier molecular flexibility index (Phi) is 5.74. The summed E-state index contributed by atoms with van der Waals surface area (Å²) in [6.07, 6.45) is 9.35.